The number of benzene rings is 4. The molecule has 8 nitrogen and oxygen atoms in total. The number of carbonyl (C=O) groups excluding carboxylic acids is 2. The minimum absolute atomic E-state index is 0.0189. The SMILES string of the molecule is COC(=O)c1ccc(-c2ccc(S(=O)(=O)CCCCCCS(=O)(=O)c3ccc(-c4ccc(C(=O)OC)cc4)cc3)cc2)cc1. The topological polar surface area (TPSA) is 121 Å². The van der Waals surface area contributed by atoms with Gasteiger partial charge in [0.2, 0.25) is 0 Å². The maximum absolute atomic E-state index is 12.8. The van der Waals surface area contributed by atoms with Crippen LogP contribution in [0.5, 0.6) is 0 Å². The van der Waals surface area contributed by atoms with Gasteiger partial charge in [-0.3, -0.25) is 0 Å². The van der Waals surface area contributed by atoms with Crippen molar-refractivity contribution in [1.29, 1.82) is 0 Å². The van der Waals surface area contributed by atoms with Gasteiger partial charge in [0.1, 0.15) is 0 Å². The van der Waals surface area contributed by atoms with Crippen LogP contribution >= 0.6 is 0 Å². The van der Waals surface area contributed by atoms with Crippen molar-refractivity contribution in [3.63, 3.8) is 0 Å². The van der Waals surface area contributed by atoms with Crippen LogP contribution in [0.25, 0.3) is 22.3 Å². The summed E-state index contributed by atoms with van der Waals surface area (Å²) in [6.07, 6.45) is 2.06. The van der Waals surface area contributed by atoms with Crippen LogP contribution in [0.2, 0.25) is 0 Å². The highest BCUT2D eigenvalue weighted by Crippen LogP contribution is 2.25. The lowest BCUT2D eigenvalue weighted by atomic mass is 10.0. The van der Waals surface area contributed by atoms with Crippen LogP contribution in [0, 0.1) is 0 Å². The molecule has 0 heterocycles. The number of hydrogen-bond acceptors (Lipinski definition) is 8. The highest BCUT2D eigenvalue weighted by atomic mass is 32.2. The second kappa shape index (κ2) is 14.5. The molecule has 0 radical (unpaired) electrons. The van der Waals surface area contributed by atoms with Gasteiger partial charge >= 0.3 is 11.9 Å². The summed E-state index contributed by atoms with van der Waals surface area (Å²) in [6.45, 7) is 0. The van der Waals surface area contributed by atoms with Gasteiger partial charge in [0.15, 0.2) is 19.7 Å². The fourth-order valence-corrected chi connectivity index (χ4v) is 7.46. The fourth-order valence-electron chi connectivity index (χ4n) is 4.72. The number of hydrogen-bond donors (Lipinski definition) is 0. The largest absolute Gasteiger partial charge is 0.465 e. The molecule has 0 spiro atoms. The van der Waals surface area contributed by atoms with E-state index < -0.39 is 31.6 Å². The molecule has 0 aliphatic heterocycles. The van der Waals surface area contributed by atoms with E-state index in [-0.39, 0.29) is 21.3 Å². The lowest BCUT2D eigenvalue weighted by molar-refractivity contribution is 0.0592. The van der Waals surface area contributed by atoms with E-state index in [1.807, 2.05) is 0 Å². The molecule has 0 amide bonds. The predicted octanol–water partition coefficient (Wildman–Crippen LogP) is 6.40. The summed E-state index contributed by atoms with van der Waals surface area (Å²) in [5.41, 5.74) is 4.21. The first-order chi connectivity index (χ1) is 21.0. The number of carbonyl (C=O) groups is 2. The van der Waals surface area contributed by atoms with Gasteiger partial charge in [0.05, 0.1) is 46.6 Å². The summed E-state index contributed by atoms with van der Waals surface area (Å²) in [6, 6.07) is 27.0. The minimum atomic E-state index is -3.48. The molecular weight excluding hydrogens is 601 g/mol. The highest BCUT2D eigenvalue weighted by Gasteiger charge is 2.17. The van der Waals surface area contributed by atoms with Crippen molar-refractivity contribution in [2.24, 2.45) is 0 Å². The average Bonchev–Trinajstić information content (AvgIpc) is 3.05. The quantitative estimate of drug-likeness (QED) is 0.122. The van der Waals surface area contributed by atoms with Crippen LogP contribution in [0.4, 0.5) is 0 Å². The second-order valence-corrected chi connectivity index (χ2v) is 14.5. The molecule has 0 aliphatic rings. The molecule has 4 aromatic rings. The Hall–Kier alpha value is -4.28. The average molecular weight is 635 g/mol. The van der Waals surface area contributed by atoms with Crippen molar-refractivity contribution in [3.05, 3.63) is 108 Å². The number of sulfone groups is 2. The predicted molar refractivity (Wildman–Crippen MR) is 169 cm³/mol. The zero-order valence-electron chi connectivity index (χ0n) is 24.6. The molecular formula is C34H34O8S2. The van der Waals surface area contributed by atoms with Crippen LogP contribution in [0.1, 0.15) is 46.4 Å². The van der Waals surface area contributed by atoms with Crippen LogP contribution in [-0.4, -0.2) is 54.5 Å². The van der Waals surface area contributed by atoms with E-state index in [1.54, 1.807) is 97.1 Å². The fraction of sp³-hybridized carbons (Fsp3) is 0.235. The van der Waals surface area contributed by atoms with Gasteiger partial charge < -0.3 is 9.47 Å². The van der Waals surface area contributed by atoms with Gasteiger partial charge in [-0.2, -0.15) is 0 Å². The number of rotatable bonds is 13. The molecule has 0 saturated carbocycles. The Balaban J connectivity index is 1.23. The molecule has 230 valence electrons. The van der Waals surface area contributed by atoms with Gasteiger partial charge in [-0.1, -0.05) is 61.4 Å². The Morgan fingerprint density at radius 3 is 1.00 bits per heavy atom. The monoisotopic (exact) mass is 634 g/mol. The van der Waals surface area contributed by atoms with Gasteiger partial charge in [-0.15, -0.1) is 0 Å². The molecule has 0 fully saturated rings. The summed E-state index contributed by atoms with van der Waals surface area (Å²) in [7, 11) is -4.31. The Bertz CT molecular complexity index is 1660. The standard InChI is InChI=1S/C34H34O8S2/c1-41-33(35)29-11-7-25(8-12-29)27-15-19-31(20-16-27)43(37,38)23-5-3-4-6-24-44(39,40)32-21-17-28(18-22-32)26-9-13-30(14-10-26)34(36)42-2/h7-22H,3-6,23-24H2,1-2H3. The molecule has 4 aromatic carbocycles. The first-order valence-electron chi connectivity index (χ1n) is 14.1. The van der Waals surface area contributed by atoms with E-state index >= 15 is 0 Å². The Morgan fingerprint density at radius 1 is 0.455 bits per heavy atom. The van der Waals surface area contributed by atoms with E-state index in [1.165, 1.54) is 14.2 Å². The van der Waals surface area contributed by atoms with E-state index in [9.17, 15) is 26.4 Å². The van der Waals surface area contributed by atoms with E-state index in [4.69, 9.17) is 9.47 Å². The summed E-state index contributed by atoms with van der Waals surface area (Å²) >= 11 is 0. The maximum Gasteiger partial charge on any atom is 0.337 e. The first kappa shape index (κ1) is 32.6. The van der Waals surface area contributed by atoms with Gasteiger partial charge in [-0.05, 0) is 83.6 Å². The molecule has 0 saturated heterocycles. The Kier molecular flexibility index (Phi) is 10.7. The summed E-state index contributed by atoms with van der Waals surface area (Å²) in [4.78, 5) is 23.7. The summed E-state index contributed by atoms with van der Waals surface area (Å²) < 4.78 is 60.7. The number of ether oxygens (including phenoxy) is 2. The molecule has 44 heavy (non-hydrogen) atoms. The number of esters is 2. The third kappa shape index (κ3) is 8.21. The smallest absolute Gasteiger partial charge is 0.337 e. The maximum atomic E-state index is 12.8. The molecule has 0 N–H and O–H groups in total. The van der Waals surface area contributed by atoms with Crippen LogP contribution in [0.15, 0.2) is 107 Å². The highest BCUT2D eigenvalue weighted by molar-refractivity contribution is 7.91. The van der Waals surface area contributed by atoms with Gasteiger partial charge in [-0.25, -0.2) is 26.4 Å². The van der Waals surface area contributed by atoms with Crippen molar-refractivity contribution in [3.8, 4) is 22.3 Å². The first-order valence-corrected chi connectivity index (χ1v) is 17.4. The number of methoxy groups -OCH3 is 2. The lowest BCUT2D eigenvalue weighted by Gasteiger charge is -2.08. The zero-order chi connectivity index (χ0) is 31.7. The number of unbranched alkanes of at least 4 members (excludes halogenated alkanes) is 3. The van der Waals surface area contributed by atoms with E-state index in [2.05, 4.69) is 0 Å². The molecule has 0 unspecified atom stereocenters. The van der Waals surface area contributed by atoms with Crippen molar-refractivity contribution in [2.45, 2.75) is 35.5 Å². The van der Waals surface area contributed by atoms with Crippen molar-refractivity contribution < 1.29 is 35.9 Å². The van der Waals surface area contributed by atoms with Crippen molar-refractivity contribution >= 4 is 31.6 Å². The summed E-state index contributed by atoms with van der Waals surface area (Å²) in [5, 5.41) is 0. The zero-order valence-corrected chi connectivity index (χ0v) is 26.2. The molecule has 10 heteroatoms. The Morgan fingerprint density at radius 2 is 0.727 bits per heavy atom. The third-order valence-corrected chi connectivity index (χ3v) is 10.9. The van der Waals surface area contributed by atoms with Gasteiger partial charge in [0, 0.05) is 0 Å². The lowest BCUT2D eigenvalue weighted by Crippen LogP contribution is -2.08. The Labute approximate surface area is 258 Å². The minimum Gasteiger partial charge on any atom is -0.465 e. The molecule has 0 aliphatic carbocycles. The second-order valence-electron chi connectivity index (χ2n) is 10.2. The van der Waals surface area contributed by atoms with E-state index in [0.717, 1.165) is 22.3 Å². The normalized spacial score (nSPS) is 11.6. The third-order valence-electron chi connectivity index (χ3n) is 7.28. The molecule has 4 rings (SSSR count). The molecule has 0 bridgehead atoms. The van der Waals surface area contributed by atoms with Crippen LogP contribution in [-0.2, 0) is 29.1 Å². The molecule has 0 aromatic heterocycles. The van der Waals surface area contributed by atoms with Crippen molar-refractivity contribution in [1.82, 2.24) is 0 Å². The van der Waals surface area contributed by atoms with Crippen LogP contribution < -0.4 is 0 Å². The van der Waals surface area contributed by atoms with Gasteiger partial charge in [0.25, 0.3) is 0 Å². The summed E-state index contributed by atoms with van der Waals surface area (Å²) in [5.74, 6) is -0.884. The van der Waals surface area contributed by atoms with E-state index in [0.29, 0.717) is 36.8 Å². The van der Waals surface area contributed by atoms with Crippen molar-refractivity contribution in [2.75, 3.05) is 25.7 Å². The van der Waals surface area contributed by atoms with Crippen LogP contribution in [0.3, 0.4) is 0 Å². The molecule has 0 atom stereocenters.